The van der Waals surface area contributed by atoms with Gasteiger partial charge in [0.1, 0.15) is 5.82 Å². The molecule has 9 aromatic rings. The first kappa shape index (κ1) is 40.0. The molecule has 0 amide bonds. The van der Waals surface area contributed by atoms with Gasteiger partial charge in [-0.3, -0.25) is 0 Å². The molecule has 0 unspecified atom stereocenters. The molecule has 0 saturated carbocycles. The zero-order valence-corrected chi connectivity index (χ0v) is 37.4. The molecule has 1 aliphatic rings. The summed E-state index contributed by atoms with van der Waals surface area (Å²) in [6.07, 6.45) is 1.90. The van der Waals surface area contributed by atoms with Crippen LogP contribution in [0.4, 0.5) is 22.7 Å². The molecule has 0 N–H and O–H groups in total. The molecule has 0 spiro atoms. The topological polar surface area (TPSA) is 33.5 Å². The van der Waals surface area contributed by atoms with Crippen LogP contribution in [0.25, 0.3) is 49.9 Å². The van der Waals surface area contributed by atoms with Gasteiger partial charge in [-0.1, -0.05) is 117 Å². The second kappa shape index (κ2) is 15.9. The molecular weight excluding hydrogens is 928 g/mol. The zero-order valence-electron chi connectivity index (χ0n) is 35.1. The fraction of sp³-hybridized carbons (Fsp3) is 0.127. The van der Waals surface area contributed by atoms with Gasteiger partial charge >= 0.3 is 0 Å². The van der Waals surface area contributed by atoms with E-state index in [1.54, 1.807) is 0 Å². The molecule has 2 aromatic heterocycles. The van der Waals surface area contributed by atoms with E-state index >= 15 is 0 Å². The second-order valence-corrected chi connectivity index (χ2v) is 16.6. The summed E-state index contributed by atoms with van der Waals surface area (Å²) < 4.78 is 8.84. The molecule has 10 rings (SSSR count). The van der Waals surface area contributed by atoms with Gasteiger partial charge in [-0.05, 0) is 95.3 Å². The van der Waals surface area contributed by atoms with Crippen molar-refractivity contribution in [1.29, 1.82) is 0 Å². The van der Waals surface area contributed by atoms with Crippen molar-refractivity contribution in [3.8, 4) is 39.6 Å². The number of rotatable bonds is 7. The van der Waals surface area contributed by atoms with Gasteiger partial charge in [-0.2, -0.15) is 12.1 Å². The van der Waals surface area contributed by atoms with E-state index in [2.05, 4.69) is 208 Å². The summed E-state index contributed by atoms with van der Waals surface area (Å²) >= 11 is 0. The van der Waals surface area contributed by atoms with E-state index in [1.165, 1.54) is 44.5 Å². The number of fused-ring (bicyclic) bond motifs is 4. The Bertz CT molecular complexity index is 3010. The molecule has 0 aliphatic carbocycles. The van der Waals surface area contributed by atoms with Crippen molar-refractivity contribution in [2.45, 2.75) is 47.0 Å². The van der Waals surface area contributed by atoms with E-state index < -0.39 is 0 Å². The molecule has 1 aliphatic heterocycles. The Kier molecular flexibility index (Phi) is 10.4. The number of hydrogen-bond donors (Lipinski definition) is 0. The van der Waals surface area contributed by atoms with E-state index in [4.69, 9.17) is 9.72 Å². The van der Waals surface area contributed by atoms with Gasteiger partial charge in [0.25, 0.3) is 0 Å². The van der Waals surface area contributed by atoms with E-state index in [9.17, 15) is 0 Å². The molecule has 0 atom stereocenters. The van der Waals surface area contributed by atoms with Crippen molar-refractivity contribution in [3.63, 3.8) is 0 Å². The number of aromatic nitrogens is 2. The van der Waals surface area contributed by atoms with Crippen molar-refractivity contribution in [1.82, 2.24) is 9.55 Å². The van der Waals surface area contributed by atoms with Crippen LogP contribution in [-0.2, 0) is 26.5 Å². The Morgan fingerprint density at radius 1 is 0.574 bits per heavy atom. The summed E-state index contributed by atoms with van der Waals surface area (Å²) in [4.78, 5) is 9.44. The van der Waals surface area contributed by atoms with Gasteiger partial charge in [0, 0.05) is 72.5 Å². The summed E-state index contributed by atoms with van der Waals surface area (Å²) in [5.74, 6) is 2.05. The van der Waals surface area contributed by atoms with Gasteiger partial charge in [-0.25, -0.2) is 4.98 Å². The molecule has 3 heterocycles. The molecule has 61 heavy (non-hydrogen) atoms. The van der Waals surface area contributed by atoms with E-state index in [0.29, 0.717) is 11.5 Å². The van der Waals surface area contributed by atoms with Gasteiger partial charge < -0.3 is 19.1 Å². The molecular formula is C55H45N4OPt-3. The summed E-state index contributed by atoms with van der Waals surface area (Å²) in [5, 5.41) is 2.23. The molecule has 0 bridgehead atoms. The summed E-state index contributed by atoms with van der Waals surface area (Å²) in [6, 6.07) is 60.3. The number of ether oxygens (including phenoxy) is 1. The van der Waals surface area contributed by atoms with Crippen LogP contribution in [0.1, 0.15) is 43.0 Å². The third-order valence-electron chi connectivity index (χ3n) is 12.0. The largest absolute Gasteiger partial charge is 0.509 e. The number of benzene rings is 7. The molecule has 6 heteroatoms. The fourth-order valence-electron chi connectivity index (χ4n) is 8.71. The Balaban J connectivity index is 0.00000476. The maximum atomic E-state index is 6.65. The average molecular weight is 973 g/mol. The van der Waals surface area contributed by atoms with Crippen molar-refractivity contribution in [2.24, 2.45) is 0 Å². The molecule has 0 saturated heterocycles. The van der Waals surface area contributed by atoms with Crippen LogP contribution in [0.5, 0.6) is 11.5 Å². The average Bonchev–Trinajstić information content (AvgIpc) is 3.82. The number of pyridine rings is 1. The van der Waals surface area contributed by atoms with Crippen LogP contribution >= 0.6 is 0 Å². The fourth-order valence-corrected chi connectivity index (χ4v) is 8.71. The number of anilines is 4. The van der Waals surface area contributed by atoms with Crippen LogP contribution in [0.3, 0.4) is 0 Å². The third kappa shape index (κ3) is 7.01. The van der Waals surface area contributed by atoms with E-state index in [0.717, 1.165) is 50.4 Å². The predicted octanol–water partition coefficient (Wildman–Crippen LogP) is 14.5. The summed E-state index contributed by atoms with van der Waals surface area (Å²) in [7, 11) is 0. The maximum Gasteiger partial charge on any atom is 0.135 e. The number of hydrogen-bond acceptors (Lipinski definition) is 4. The van der Waals surface area contributed by atoms with Crippen molar-refractivity contribution in [3.05, 3.63) is 199 Å². The minimum Gasteiger partial charge on any atom is -0.509 e. The van der Waals surface area contributed by atoms with Gasteiger partial charge in [-0.15, -0.1) is 48.1 Å². The van der Waals surface area contributed by atoms with Crippen LogP contribution in [-0.4, -0.2) is 9.55 Å². The molecule has 0 fully saturated rings. The quantitative estimate of drug-likeness (QED) is 0.149. The van der Waals surface area contributed by atoms with Crippen LogP contribution in [0, 0.1) is 39.6 Å². The van der Waals surface area contributed by atoms with E-state index in [1.807, 2.05) is 24.4 Å². The predicted molar refractivity (Wildman–Crippen MR) is 248 cm³/mol. The molecule has 7 aromatic carbocycles. The Morgan fingerprint density at radius 2 is 1.18 bits per heavy atom. The van der Waals surface area contributed by atoms with Crippen LogP contribution in [0.15, 0.2) is 158 Å². The summed E-state index contributed by atoms with van der Waals surface area (Å²) in [6.45, 7) is 15.6. The van der Waals surface area contributed by atoms with Gasteiger partial charge in [0.15, 0.2) is 0 Å². The zero-order chi connectivity index (χ0) is 41.1. The minimum absolute atomic E-state index is 0. The van der Waals surface area contributed by atoms with Crippen LogP contribution in [0.2, 0.25) is 0 Å². The van der Waals surface area contributed by atoms with Crippen molar-refractivity contribution < 1.29 is 25.8 Å². The first-order valence-corrected chi connectivity index (χ1v) is 20.6. The number of para-hydroxylation sites is 3. The normalized spacial score (nSPS) is 12.5. The SMILES string of the molecule is Cc1c(C)c(-c2ccccc2)c(N2[CH-]N(c3[c-]c(Oc4[c-]c5c(cc4)c4ccccc4n5-c4cc(C(C)(C)C)ccn4)ccc3)c3ccccc32)c(-c2ccccc2)c1C.[Pt]. The van der Waals surface area contributed by atoms with Gasteiger partial charge in [0.2, 0.25) is 0 Å². The monoisotopic (exact) mass is 972 g/mol. The maximum absolute atomic E-state index is 6.65. The van der Waals surface area contributed by atoms with Gasteiger partial charge in [0.05, 0.1) is 0 Å². The first-order chi connectivity index (χ1) is 29.2. The second-order valence-electron chi connectivity index (χ2n) is 16.6. The Hall–Kier alpha value is -6.42. The van der Waals surface area contributed by atoms with E-state index in [-0.39, 0.29) is 26.5 Å². The third-order valence-corrected chi connectivity index (χ3v) is 12.0. The Morgan fingerprint density at radius 3 is 1.85 bits per heavy atom. The van der Waals surface area contributed by atoms with Crippen molar-refractivity contribution in [2.75, 3.05) is 9.80 Å². The minimum atomic E-state index is -0.0218. The molecule has 5 nitrogen and oxygen atoms in total. The molecule has 0 radical (unpaired) electrons. The summed E-state index contributed by atoms with van der Waals surface area (Å²) in [5.41, 5.74) is 16.0. The first-order valence-electron chi connectivity index (χ1n) is 20.6. The Labute approximate surface area is 373 Å². The molecule has 304 valence electrons. The smallest absolute Gasteiger partial charge is 0.135 e. The van der Waals surface area contributed by atoms with Crippen molar-refractivity contribution >= 4 is 44.6 Å². The standard InChI is InChI=1S/C55H45N4O.Pt/c1-36-37(2)52(39-18-9-7-10-19-39)54(53(38(36)3)40-20-11-8-12-21-40)58-35-57(48-26-15-16-27-49(48)58)42-22-17-23-43(33-42)60-44-28-29-46-45-24-13-14-25-47(45)59(50(46)34-44)51-32-41(30-31-56-51)55(4,5)6;/h7-32,35H,1-6H3;/q-3;. The van der Waals surface area contributed by atoms with Crippen LogP contribution < -0.4 is 14.5 Å². The number of nitrogens with zero attached hydrogens (tertiary/aromatic N) is 4.